The van der Waals surface area contributed by atoms with Crippen LogP contribution >= 0.6 is 0 Å². The molecule has 2 aromatic carbocycles. The van der Waals surface area contributed by atoms with Crippen LogP contribution in [0.15, 0.2) is 79.4 Å². The quantitative estimate of drug-likeness (QED) is 0.465. The summed E-state index contributed by atoms with van der Waals surface area (Å²) in [5.74, 6) is -0.298. The molecular weight excluding hydrogens is 390 g/mol. The van der Waals surface area contributed by atoms with E-state index < -0.39 is 17.9 Å². The van der Waals surface area contributed by atoms with Crippen molar-refractivity contribution < 1.29 is 19.2 Å². The average molecular weight is 418 g/mol. The second-order valence-corrected chi connectivity index (χ2v) is 8.07. The van der Waals surface area contributed by atoms with Crippen LogP contribution < -0.4 is 0 Å². The first-order chi connectivity index (χ1) is 15.1. The van der Waals surface area contributed by atoms with E-state index in [9.17, 15) is 9.59 Å². The predicted octanol–water partition coefficient (Wildman–Crippen LogP) is 4.61. The number of hydrogen-bond acceptors (Lipinski definition) is 4. The molecule has 4 rings (SSSR count). The van der Waals surface area contributed by atoms with Crippen LogP contribution in [0.2, 0.25) is 0 Å². The smallest absolute Gasteiger partial charge is 0.285 e. The SMILES string of the molecule is C=CCC1COC(Cc2ccccc2)C1/C=C/C(C)ON1C(=O)c2ccccc2C1=O. The summed E-state index contributed by atoms with van der Waals surface area (Å²) in [7, 11) is 0. The summed E-state index contributed by atoms with van der Waals surface area (Å²) in [5, 5.41) is 0.869. The first kappa shape index (κ1) is 21.2. The molecule has 2 aliphatic rings. The summed E-state index contributed by atoms with van der Waals surface area (Å²) in [6.45, 7) is 6.39. The van der Waals surface area contributed by atoms with E-state index >= 15 is 0 Å². The third-order valence-electron chi connectivity index (χ3n) is 5.88. The van der Waals surface area contributed by atoms with E-state index in [0.29, 0.717) is 23.7 Å². The minimum atomic E-state index is -0.440. The summed E-state index contributed by atoms with van der Waals surface area (Å²) in [5.41, 5.74) is 1.99. The number of hydroxylamine groups is 2. The van der Waals surface area contributed by atoms with Crippen molar-refractivity contribution in [2.24, 2.45) is 11.8 Å². The zero-order chi connectivity index (χ0) is 21.8. The van der Waals surface area contributed by atoms with Gasteiger partial charge in [0.2, 0.25) is 0 Å². The molecule has 0 bridgehead atoms. The summed E-state index contributed by atoms with van der Waals surface area (Å²) in [4.78, 5) is 30.8. The van der Waals surface area contributed by atoms with Crippen LogP contribution in [0.5, 0.6) is 0 Å². The van der Waals surface area contributed by atoms with E-state index in [1.54, 1.807) is 24.3 Å². The van der Waals surface area contributed by atoms with E-state index in [-0.39, 0.29) is 12.0 Å². The Kier molecular flexibility index (Phi) is 6.44. The molecule has 0 spiro atoms. The molecule has 1 fully saturated rings. The van der Waals surface area contributed by atoms with Crippen molar-refractivity contribution in [3.8, 4) is 0 Å². The van der Waals surface area contributed by atoms with Gasteiger partial charge in [-0.3, -0.25) is 14.4 Å². The molecular formula is C26H27NO4. The highest BCUT2D eigenvalue weighted by molar-refractivity contribution is 6.20. The van der Waals surface area contributed by atoms with Crippen LogP contribution in [0.1, 0.15) is 39.6 Å². The summed E-state index contributed by atoms with van der Waals surface area (Å²) in [6.07, 6.45) is 7.28. The lowest BCUT2D eigenvalue weighted by Crippen LogP contribution is -2.33. The summed E-state index contributed by atoms with van der Waals surface area (Å²) < 4.78 is 6.12. The number of fused-ring (bicyclic) bond motifs is 1. The van der Waals surface area contributed by atoms with Crippen molar-refractivity contribution in [3.05, 3.63) is 96.1 Å². The average Bonchev–Trinajstić information content (AvgIpc) is 3.27. The van der Waals surface area contributed by atoms with E-state index in [1.165, 1.54) is 5.56 Å². The number of imide groups is 1. The van der Waals surface area contributed by atoms with Crippen LogP contribution in [0.3, 0.4) is 0 Å². The monoisotopic (exact) mass is 417 g/mol. The molecule has 5 heteroatoms. The van der Waals surface area contributed by atoms with Crippen molar-refractivity contribution in [1.82, 2.24) is 5.06 Å². The number of hydrogen-bond donors (Lipinski definition) is 0. The van der Waals surface area contributed by atoms with Crippen molar-refractivity contribution in [3.63, 3.8) is 0 Å². The molecule has 0 saturated carbocycles. The maximum atomic E-state index is 12.5. The number of amides is 2. The number of allylic oxidation sites excluding steroid dienone is 1. The van der Waals surface area contributed by atoms with Gasteiger partial charge in [0.15, 0.2) is 0 Å². The Labute approximate surface area is 182 Å². The lowest BCUT2D eigenvalue weighted by atomic mass is 9.85. The topological polar surface area (TPSA) is 55.8 Å². The molecule has 2 amide bonds. The van der Waals surface area contributed by atoms with Gasteiger partial charge < -0.3 is 4.74 Å². The first-order valence-electron chi connectivity index (χ1n) is 10.7. The van der Waals surface area contributed by atoms with Crippen molar-refractivity contribution in [1.29, 1.82) is 0 Å². The fourth-order valence-corrected chi connectivity index (χ4v) is 4.28. The van der Waals surface area contributed by atoms with Gasteiger partial charge in [0.25, 0.3) is 11.8 Å². The van der Waals surface area contributed by atoms with Gasteiger partial charge in [-0.2, -0.15) is 0 Å². The standard InChI is InChI=1S/C26H27NO4/c1-3-9-20-17-30-24(16-19-10-5-4-6-11-19)21(20)15-14-18(2)31-27-25(28)22-12-7-8-13-23(22)26(27)29/h3-8,10-15,18,20-21,24H,1,9,16-17H2,2H3/b15-14+. The number of benzene rings is 2. The number of rotatable bonds is 8. The van der Waals surface area contributed by atoms with E-state index in [0.717, 1.165) is 17.9 Å². The van der Waals surface area contributed by atoms with E-state index in [1.807, 2.05) is 37.3 Å². The van der Waals surface area contributed by atoms with Crippen LogP contribution in [0.25, 0.3) is 0 Å². The number of carbonyl (C=O) groups is 2. The van der Waals surface area contributed by atoms with Crippen LogP contribution in [-0.4, -0.2) is 35.7 Å². The van der Waals surface area contributed by atoms with Gasteiger partial charge in [0.1, 0.15) is 6.10 Å². The van der Waals surface area contributed by atoms with Gasteiger partial charge in [-0.05, 0) is 43.4 Å². The molecule has 4 unspecified atom stereocenters. The van der Waals surface area contributed by atoms with E-state index in [4.69, 9.17) is 9.57 Å². The molecule has 0 radical (unpaired) electrons. The van der Waals surface area contributed by atoms with Crippen LogP contribution in [0.4, 0.5) is 0 Å². The molecule has 2 heterocycles. The van der Waals surface area contributed by atoms with Crippen LogP contribution in [0, 0.1) is 11.8 Å². The highest BCUT2D eigenvalue weighted by atomic mass is 16.7. The fraction of sp³-hybridized carbons (Fsp3) is 0.308. The Bertz CT molecular complexity index is 949. The highest BCUT2D eigenvalue weighted by Gasteiger charge is 2.38. The lowest BCUT2D eigenvalue weighted by Gasteiger charge is -2.21. The summed E-state index contributed by atoms with van der Waals surface area (Å²) in [6, 6.07) is 17.1. The van der Waals surface area contributed by atoms with E-state index in [2.05, 4.69) is 24.8 Å². The second kappa shape index (κ2) is 9.41. The Morgan fingerprint density at radius 2 is 1.74 bits per heavy atom. The Morgan fingerprint density at radius 3 is 2.39 bits per heavy atom. The first-order valence-corrected chi connectivity index (χ1v) is 10.7. The molecule has 1 saturated heterocycles. The van der Waals surface area contributed by atoms with Gasteiger partial charge in [-0.25, -0.2) is 0 Å². The predicted molar refractivity (Wildman–Crippen MR) is 118 cm³/mol. The molecule has 2 aromatic rings. The molecule has 0 N–H and O–H groups in total. The summed E-state index contributed by atoms with van der Waals surface area (Å²) >= 11 is 0. The largest absolute Gasteiger partial charge is 0.377 e. The molecule has 0 aromatic heterocycles. The minimum Gasteiger partial charge on any atom is -0.377 e. The van der Waals surface area contributed by atoms with Gasteiger partial charge in [0.05, 0.1) is 23.8 Å². The number of nitrogens with zero attached hydrogens (tertiary/aromatic N) is 1. The van der Waals surface area contributed by atoms with Crippen molar-refractivity contribution in [2.45, 2.75) is 32.0 Å². The third-order valence-corrected chi connectivity index (χ3v) is 5.88. The zero-order valence-electron chi connectivity index (χ0n) is 17.6. The Balaban J connectivity index is 1.44. The molecule has 0 aliphatic carbocycles. The van der Waals surface area contributed by atoms with Gasteiger partial charge >= 0.3 is 0 Å². The molecule has 31 heavy (non-hydrogen) atoms. The Hall–Kier alpha value is -3.02. The normalized spacial score (nSPS) is 24.0. The van der Waals surface area contributed by atoms with Crippen molar-refractivity contribution in [2.75, 3.05) is 6.61 Å². The van der Waals surface area contributed by atoms with Crippen LogP contribution in [-0.2, 0) is 16.0 Å². The third kappa shape index (κ3) is 4.53. The van der Waals surface area contributed by atoms with Gasteiger partial charge in [0, 0.05) is 5.92 Å². The fourth-order valence-electron chi connectivity index (χ4n) is 4.28. The molecule has 5 nitrogen and oxygen atoms in total. The highest BCUT2D eigenvalue weighted by Crippen LogP contribution is 2.33. The maximum Gasteiger partial charge on any atom is 0.285 e. The zero-order valence-corrected chi connectivity index (χ0v) is 17.6. The Morgan fingerprint density at radius 1 is 1.10 bits per heavy atom. The van der Waals surface area contributed by atoms with Gasteiger partial charge in [-0.15, -0.1) is 11.6 Å². The number of carbonyl (C=O) groups excluding carboxylic acids is 2. The molecule has 4 atom stereocenters. The lowest BCUT2D eigenvalue weighted by molar-refractivity contribution is -0.111. The van der Waals surface area contributed by atoms with Crippen molar-refractivity contribution >= 4 is 11.8 Å². The minimum absolute atomic E-state index is 0.0649. The maximum absolute atomic E-state index is 12.5. The number of ether oxygens (including phenoxy) is 1. The van der Waals surface area contributed by atoms with Gasteiger partial charge in [-0.1, -0.05) is 60.7 Å². The molecule has 2 aliphatic heterocycles. The second-order valence-electron chi connectivity index (χ2n) is 8.07. The molecule has 160 valence electrons.